The van der Waals surface area contributed by atoms with Crippen LogP contribution in [0.5, 0.6) is 0 Å². The molecule has 1 unspecified atom stereocenters. The largest absolute Gasteiger partial charge is 0.305 e. The van der Waals surface area contributed by atoms with Gasteiger partial charge in [0.15, 0.2) is 0 Å². The monoisotopic (exact) mass is 154 g/mol. The third-order valence-corrected chi connectivity index (χ3v) is 1.71. The normalized spacial score (nSPS) is 12.5. The maximum absolute atomic E-state index is 3.25. The lowest BCUT2D eigenvalue weighted by Gasteiger charge is -2.19. The van der Waals surface area contributed by atoms with Crippen LogP contribution in [0, 0.1) is 11.8 Å². The average Bonchev–Trinajstić information content (AvgIpc) is 1.97. The van der Waals surface area contributed by atoms with Crippen LogP contribution in [0.4, 0.5) is 0 Å². The lowest BCUT2D eigenvalue weighted by Crippen LogP contribution is -2.35. The summed E-state index contributed by atoms with van der Waals surface area (Å²) < 4.78 is 0. The van der Waals surface area contributed by atoms with Crippen LogP contribution in [-0.2, 0) is 0 Å². The number of nitrogens with one attached hydrogen (secondary N) is 1. The first-order valence-corrected chi connectivity index (χ1v) is 3.95. The van der Waals surface area contributed by atoms with E-state index in [1.54, 1.807) is 0 Å². The number of nitrogens with zero attached hydrogens (tertiary/aromatic N) is 1. The highest BCUT2D eigenvalue weighted by Crippen LogP contribution is 1.86. The average molecular weight is 154 g/mol. The minimum atomic E-state index is 0.577. The summed E-state index contributed by atoms with van der Waals surface area (Å²) in [5.74, 6) is 5.81. The molecular weight excluding hydrogens is 136 g/mol. The summed E-state index contributed by atoms with van der Waals surface area (Å²) >= 11 is 0. The smallest absolute Gasteiger partial charge is 0.0576 e. The minimum absolute atomic E-state index is 0.577. The van der Waals surface area contributed by atoms with Crippen LogP contribution in [0.3, 0.4) is 0 Å². The van der Waals surface area contributed by atoms with Crippen LogP contribution in [0.15, 0.2) is 0 Å². The fourth-order valence-corrected chi connectivity index (χ4v) is 0.615. The molecule has 0 aliphatic heterocycles. The molecule has 0 saturated carbocycles. The molecule has 1 atom stereocenters. The van der Waals surface area contributed by atoms with Crippen molar-refractivity contribution in [1.82, 2.24) is 10.2 Å². The van der Waals surface area contributed by atoms with Crippen LogP contribution in [0.2, 0.25) is 0 Å². The second-order valence-corrected chi connectivity index (χ2v) is 2.87. The van der Waals surface area contributed by atoms with Crippen molar-refractivity contribution in [2.24, 2.45) is 0 Å². The molecule has 0 aromatic carbocycles. The van der Waals surface area contributed by atoms with Gasteiger partial charge >= 0.3 is 0 Å². The van der Waals surface area contributed by atoms with Crippen molar-refractivity contribution in [1.29, 1.82) is 0 Å². The van der Waals surface area contributed by atoms with E-state index in [2.05, 4.69) is 43.1 Å². The SMILES string of the molecule is CC#CCNCC(C)N(C)C. The van der Waals surface area contributed by atoms with Crippen LogP contribution < -0.4 is 5.32 Å². The van der Waals surface area contributed by atoms with E-state index in [1.807, 2.05) is 6.92 Å². The molecule has 0 bridgehead atoms. The quantitative estimate of drug-likeness (QED) is 0.470. The lowest BCUT2D eigenvalue weighted by atomic mass is 10.3. The van der Waals surface area contributed by atoms with Gasteiger partial charge in [-0.2, -0.15) is 0 Å². The summed E-state index contributed by atoms with van der Waals surface area (Å²) in [5, 5.41) is 3.25. The van der Waals surface area contributed by atoms with Gasteiger partial charge in [0.25, 0.3) is 0 Å². The molecule has 0 fully saturated rings. The zero-order chi connectivity index (χ0) is 8.69. The van der Waals surface area contributed by atoms with Crippen molar-refractivity contribution in [3.63, 3.8) is 0 Å². The molecule has 0 radical (unpaired) electrons. The first-order valence-electron chi connectivity index (χ1n) is 3.95. The highest BCUT2D eigenvalue weighted by molar-refractivity contribution is 4.97. The van der Waals surface area contributed by atoms with Crippen molar-refractivity contribution < 1.29 is 0 Å². The Bertz CT molecular complexity index is 141. The zero-order valence-corrected chi connectivity index (χ0v) is 7.94. The molecule has 0 saturated heterocycles. The van der Waals surface area contributed by atoms with E-state index in [-0.39, 0.29) is 0 Å². The molecule has 64 valence electrons. The molecule has 0 aromatic rings. The molecule has 11 heavy (non-hydrogen) atoms. The van der Waals surface area contributed by atoms with Gasteiger partial charge in [0.1, 0.15) is 0 Å². The van der Waals surface area contributed by atoms with Crippen molar-refractivity contribution in [2.45, 2.75) is 19.9 Å². The van der Waals surface area contributed by atoms with Gasteiger partial charge in [-0.05, 0) is 27.9 Å². The Balaban J connectivity index is 3.29. The Kier molecular flexibility index (Phi) is 5.91. The second-order valence-electron chi connectivity index (χ2n) is 2.87. The molecule has 0 heterocycles. The maximum Gasteiger partial charge on any atom is 0.0576 e. The summed E-state index contributed by atoms with van der Waals surface area (Å²) in [7, 11) is 4.16. The van der Waals surface area contributed by atoms with E-state index >= 15 is 0 Å². The van der Waals surface area contributed by atoms with Gasteiger partial charge in [-0.1, -0.05) is 5.92 Å². The van der Waals surface area contributed by atoms with Gasteiger partial charge in [0.2, 0.25) is 0 Å². The number of rotatable bonds is 4. The third kappa shape index (κ3) is 5.90. The molecule has 0 spiro atoms. The number of likely N-dealkylation sites (N-methyl/N-ethyl adjacent to an activating group) is 1. The summed E-state index contributed by atoms with van der Waals surface area (Å²) in [5.41, 5.74) is 0. The van der Waals surface area contributed by atoms with Crippen molar-refractivity contribution in [3.05, 3.63) is 0 Å². The highest BCUT2D eigenvalue weighted by Gasteiger charge is 2.01. The summed E-state index contributed by atoms with van der Waals surface area (Å²) in [4.78, 5) is 2.19. The topological polar surface area (TPSA) is 15.3 Å². The predicted molar refractivity (Wildman–Crippen MR) is 49.5 cm³/mol. The lowest BCUT2D eigenvalue weighted by molar-refractivity contribution is 0.306. The molecule has 0 rings (SSSR count). The number of hydrogen-bond donors (Lipinski definition) is 1. The fraction of sp³-hybridized carbons (Fsp3) is 0.778. The standard InChI is InChI=1S/C9H18N2/c1-5-6-7-10-8-9(2)11(3)4/h9-10H,7-8H2,1-4H3. The van der Waals surface area contributed by atoms with Crippen molar-refractivity contribution in [2.75, 3.05) is 27.2 Å². The highest BCUT2D eigenvalue weighted by atomic mass is 15.1. The summed E-state index contributed by atoms with van der Waals surface area (Å²) in [6.07, 6.45) is 0. The van der Waals surface area contributed by atoms with Gasteiger partial charge in [-0.15, -0.1) is 5.92 Å². The van der Waals surface area contributed by atoms with E-state index in [0.29, 0.717) is 6.04 Å². The van der Waals surface area contributed by atoms with Crippen molar-refractivity contribution in [3.8, 4) is 11.8 Å². The molecular formula is C9H18N2. The van der Waals surface area contributed by atoms with Crippen LogP contribution in [0.1, 0.15) is 13.8 Å². The van der Waals surface area contributed by atoms with Gasteiger partial charge in [0, 0.05) is 12.6 Å². The maximum atomic E-state index is 3.25. The van der Waals surface area contributed by atoms with Gasteiger partial charge in [-0.3, -0.25) is 0 Å². The van der Waals surface area contributed by atoms with Gasteiger partial charge in [0.05, 0.1) is 6.54 Å². The van der Waals surface area contributed by atoms with E-state index in [0.717, 1.165) is 13.1 Å². The Morgan fingerprint density at radius 2 is 2.09 bits per heavy atom. The molecule has 2 nitrogen and oxygen atoms in total. The fourth-order valence-electron chi connectivity index (χ4n) is 0.615. The van der Waals surface area contributed by atoms with E-state index < -0.39 is 0 Å². The first-order chi connectivity index (χ1) is 5.18. The third-order valence-electron chi connectivity index (χ3n) is 1.71. The second kappa shape index (κ2) is 6.21. The Hall–Kier alpha value is -0.520. The van der Waals surface area contributed by atoms with Crippen LogP contribution in [-0.4, -0.2) is 38.1 Å². The Morgan fingerprint density at radius 3 is 2.55 bits per heavy atom. The molecule has 0 amide bonds. The summed E-state index contributed by atoms with van der Waals surface area (Å²) in [6, 6.07) is 0.577. The first kappa shape index (κ1) is 10.5. The molecule has 0 aromatic heterocycles. The summed E-state index contributed by atoms with van der Waals surface area (Å²) in [6.45, 7) is 5.85. The van der Waals surface area contributed by atoms with Gasteiger partial charge < -0.3 is 10.2 Å². The zero-order valence-electron chi connectivity index (χ0n) is 7.94. The molecule has 0 aliphatic carbocycles. The van der Waals surface area contributed by atoms with E-state index in [1.165, 1.54) is 0 Å². The molecule has 0 aliphatic rings. The van der Waals surface area contributed by atoms with Gasteiger partial charge in [-0.25, -0.2) is 0 Å². The number of hydrogen-bond acceptors (Lipinski definition) is 2. The Morgan fingerprint density at radius 1 is 1.45 bits per heavy atom. The van der Waals surface area contributed by atoms with Crippen LogP contribution >= 0.6 is 0 Å². The van der Waals surface area contributed by atoms with Crippen LogP contribution in [0.25, 0.3) is 0 Å². The minimum Gasteiger partial charge on any atom is -0.305 e. The molecule has 2 heteroatoms. The van der Waals surface area contributed by atoms with E-state index in [9.17, 15) is 0 Å². The molecule has 1 N–H and O–H groups in total. The van der Waals surface area contributed by atoms with Crippen molar-refractivity contribution >= 4 is 0 Å². The van der Waals surface area contributed by atoms with E-state index in [4.69, 9.17) is 0 Å². The predicted octanol–water partition coefficient (Wildman–Crippen LogP) is 0.549. The Labute approximate surface area is 70.0 Å².